The molecule has 0 aromatic heterocycles. The number of hydrogen-bond acceptors (Lipinski definition) is 4. The van der Waals surface area contributed by atoms with Crippen LogP contribution in [0.1, 0.15) is 18.9 Å². The van der Waals surface area contributed by atoms with Gasteiger partial charge in [-0.25, -0.2) is 4.39 Å². The third kappa shape index (κ3) is 2.48. The minimum Gasteiger partial charge on any atom is -0.379 e. The minimum atomic E-state index is -0.667. The van der Waals surface area contributed by atoms with Crippen LogP contribution in [0.5, 0.6) is 0 Å². The quantitative estimate of drug-likeness (QED) is 0.824. The van der Waals surface area contributed by atoms with Crippen LogP contribution in [0.2, 0.25) is 0 Å². The average molecular weight is 267 g/mol. The molecule has 0 aliphatic carbocycles. The first-order valence-electron chi connectivity index (χ1n) is 5.53. The van der Waals surface area contributed by atoms with Crippen LogP contribution in [-0.4, -0.2) is 17.3 Å². The molecular weight excluding hydrogens is 253 g/mol. The normalized spacial score (nSPS) is 23.3. The Bertz CT molecular complexity index is 506. The molecule has 1 aliphatic rings. The Balaban J connectivity index is 2.45. The third-order valence-corrected chi connectivity index (χ3v) is 3.76. The summed E-state index contributed by atoms with van der Waals surface area (Å²) in [5.74, 6) is 0.466. The van der Waals surface area contributed by atoms with E-state index in [0.29, 0.717) is 29.2 Å². The Morgan fingerprint density at radius 1 is 1.61 bits per heavy atom. The second-order valence-electron chi connectivity index (χ2n) is 4.28. The highest BCUT2D eigenvalue weighted by Crippen LogP contribution is 2.37. The van der Waals surface area contributed by atoms with Crippen molar-refractivity contribution in [2.24, 2.45) is 10.7 Å². The van der Waals surface area contributed by atoms with Gasteiger partial charge in [0.2, 0.25) is 6.41 Å². The zero-order valence-electron chi connectivity index (χ0n) is 9.94. The second kappa shape index (κ2) is 4.97. The van der Waals surface area contributed by atoms with Crippen LogP contribution in [0.25, 0.3) is 0 Å². The fraction of sp³-hybridized carbons (Fsp3) is 0.333. The van der Waals surface area contributed by atoms with Crippen molar-refractivity contribution >= 4 is 29.0 Å². The number of halogens is 1. The van der Waals surface area contributed by atoms with Gasteiger partial charge in [-0.1, -0.05) is 11.8 Å². The molecule has 0 fully saturated rings. The maximum atomic E-state index is 13.9. The number of benzene rings is 1. The van der Waals surface area contributed by atoms with E-state index in [1.165, 1.54) is 23.9 Å². The first kappa shape index (κ1) is 12.9. The molecule has 0 radical (unpaired) electrons. The number of nitrogens with two attached hydrogens (primary N) is 1. The predicted octanol–water partition coefficient (Wildman–Crippen LogP) is 2.06. The van der Waals surface area contributed by atoms with Gasteiger partial charge < -0.3 is 11.1 Å². The summed E-state index contributed by atoms with van der Waals surface area (Å²) in [6.45, 7) is 1.85. The van der Waals surface area contributed by atoms with Crippen LogP contribution in [-0.2, 0) is 10.3 Å². The van der Waals surface area contributed by atoms with Crippen molar-refractivity contribution in [1.29, 1.82) is 0 Å². The Kier molecular flexibility index (Phi) is 3.56. The summed E-state index contributed by atoms with van der Waals surface area (Å²) in [5.41, 5.74) is 6.05. The number of amidine groups is 1. The minimum absolute atomic E-state index is 0.336. The van der Waals surface area contributed by atoms with Crippen LogP contribution in [0, 0.1) is 5.82 Å². The van der Waals surface area contributed by atoms with Gasteiger partial charge in [0.05, 0.1) is 5.54 Å². The van der Waals surface area contributed by atoms with Gasteiger partial charge in [-0.2, -0.15) is 0 Å². The first-order chi connectivity index (χ1) is 8.55. The summed E-state index contributed by atoms with van der Waals surface area (Å²) in [5, 5.41) is 2.98. The second-order valence-corrected chi connectivity index (χ2v) is 5.39. The third-order valence-electron chi connectivity index (χ3n) is 2.97. The number of nitrogens with one attached hydrogen (secondary N) is 1. The van der Waals surface area contributed by atoms with E-state index in [1.807, 2.05) is 6.92 Å². The lowest BCUT2D eigenvalue weighted by atomic mass is 9.89. The predicted molar refractivity (Wildman–Crippen MR) is 72.1 cm³/mol. The van der Waals surface area contributed by atoms with Gasteiger partial charge in [0.15, 0.2) is 5.17 Å². The molecule has 1 aromatic rings. The van der Waals surface area contributed by atoms with Crippen LogP contribution in [0.3, 0.4) is 0 Å². The van der Waals surface area contributed by atoms with Crippen LogP contribution in [0.15, 0.2) is 23.2 Å². The maximum Gasteiger partial charge on any atom is 0.211 e. The molecule has 1 heterocycles. The smallest absolute Gasteiger partial charge is 0.211 e. The Morgan fingerprint density at radius 2 is 2.39 bits per heavy atom. The van der Waals surface area contributed by atoms with E-state index >= 15 is 0 Å². The summed E-state index contributed by atoms with van der Waals surface area (Å²) in [6.07, 6.45) is 1.27. The van der Waals surface area contributed by atoms with Gasteiger partial charge >= 0.3 is 0 Å². The SMILES string of the molecule is CC1(c2cc(NC=O)ccc2F)CCSC(N)=N1. The van der Waals surface area contributed by atoms with Crippen molar-refractivity contribution < 1.29 is 9.18 Å². The van der Waals surface area contributed by atoms with Gasteiger partial charge in [0.1, 0.15) is 5.82 Å². The van der Waals surface area contributed by atoms with Crippen molar-refractivity contribution in [3.05, 3.63) is 29.6 Å². The molecule has 1 aromatic carbocycles. The molecule has 1 amide bonds. The number of carbonyl (C=O) groups excluding carboxylic acids is 1. The number of thioether (sulfide) groups is 1. The molecule has 1 aliphatic heterocycles. The van der Waals surface area contributed by atoms with E-state index in [1.54, 1.807) is 6.07 Å². The highest BCUT2D eigenvalue weighted by atomic mass is 32.2. The summed E-state index contributed by atoms with van der Waals surface area (Å²) in [4.78, 5) is 14.8. The van der Waals surface area contributed by atoms with Crippen LogP contribution < -0.4 is 11.1 Å². The van der Waals surface area contributed by atoms with Gasteiger partial charge in [0, 0.05) is 17.0 Å². The molecule has 1 unspecified atom stereocenters. The number of hydrogen-bond donors (Lipinski definition) is 2. The standard InChI is InChI=1S/C12H14FN3OS/c1-12(4-5-18-11(14)16-12)9-6-8(15-7-17)2-3-10(9)13/h2-3,6-7H,4-5H2,1H3,(H2,14,16)(H,15,17). The zero-order chi connectivity index (χ0) is 13.2. The lowest BCUT2D eigenvalue weighted by molar-refractivity contribution is -0.105. The van der Waals surface area contributed by atoms with Crippen molar-refractivity contribution in [2.75, 3.05) is 11.1 Å². The molecule has 0 saturated heterocycles. The van der Waals surface area contributed by atoms with E-state index in [0.717, 1.165) is 5.75 Å². The molecule has 0 spiro atoms. The molecule has 2 rings (SSSR count). The van der Waals surface area contributed by atoms with Crippen molar-refractivity contribution in [1.82, 2.24) is 0 Å². The molecule has 1 atom stereocenters. The fourth-order valence-corrected chi connectivity index (χ4v) is 2.95. The summed E-state index contributed by atoms with van der Waals surface area (Å²) >= 11 is 1.47. The van der Waals surface area contributed by atoms with Crippen molar-refractivity contribution in [2.45, 2.75) is 18.9 Å². The summed E-state index contributed by atoms with van der Waals surface area (Å²) in [6, 6.07) is 4.46. The number of carbonyl (C=O) groups is 1. The number of amides is 1. The maximum absolute atomic E-state index is 13.9. The fourth-order valence-electron chi connectivity index (χ4n) is 1.98. The number of aliphatic imine (C=N–C) groups is 1. The van der Waals surface area contributed by atoms with Crippen molar-refractivity contribution in [3.8, 4) is 0 Å². The largest absolute Gasteiger partial charge is 0.379 e. The molecule has 0 saturated carbocycles. The monoisotopic (exact) mass is 267 g/mol. The molecule has 18 heavy (non-hydrogen) atoms. The number of rotatable bonds is 3. The molecule has 96 valence electrons. The van der Waals surface area contributed by atoms with Gasteiger partial charge in [-0.15, -0.1) is 0 Å². The van der Waals surface area contributed by atoms with E-state index in [-0.39, 0.29) is 5.82 Å². The van der Waals surface area contributed by atoms with E-state index < -0.39 is 5.54 Å². The Morgan fingerprint density at radius 3 is 3.06 bits per heavy atom. The summed E-state index contributed by atoms with van der Waals surface area (Å²) in [7, 11) is 0. The van der Waals surface area contributed by atoms with Crippen LogP contribution in [0.4, 0.5) is 10.1 Å². The lowest BCUT2D eigenvalue weighted by Gasteiger charge is -2.30. The van der Waals surface area contributed by atoms with Crippen molar-refractivity contribution in [3.63, 3.8) is 0 Å². The topological polar surface area (TPSA) is 67.5 Å². The Hall–Kier alpha value is -1.56. The molecule has 0 bridgehead atoms. The van der Waals surface area contributed by atoms with Gasteiger partial charge in [-0.05, 0) is 31.5 Å². The van der Waals surface area contributed by atoms with E-state index in [2.05, 4.69) is 10.3 Å². The lowest BCUT2D eigenvalue weighted by Crippen LogP contribution is -2.29. The number of anilines is 1. The van der Waals surface area contributed by atoms with E-state index in [4.69, 9.17) is 5.73 Å². The molecule has 3 N–H and O–H groups in total. The molecule has 4 nitrogen and oxygen atoms in total. The molecule has 6 heteroatoms. The van der Waals surface area contributed by atoms with Gasteiger partial charge in [-0.3, -0.25) is 9.79 Å². The average Bonchev–Trinajstić information content (AvgIpc) is 2.31. The highest BCUT2D eigenvalue weighted by molar-refractivity contribution is 8.13. The van der Waals surface area contributed by atoms with E-state index in [9.17, 15) is 9.18 Å². The summed E-state index contributed by atoms with van der Waals surface area (Å²) < 4.78 is 13.9. The van der Waals surface area contributed by atoms with Crippen LogP contribution >= 0.6 is 11.8 Å². The first-order valence-corrected chi connectivity index (χ1v) is 6.52. The highest BCUT2D eigenvalue weighted by Gasteiger charge is 2.32. The zero-order valence-corrected chi connectivity index (χ0v) is 10.8. The molecular formula is C12H14FN3OS. The Labute approximate surface area is 109 Å². The number of nitrogens with zero attached hydrogens (tertiary/aromatic N) is 1. The van der Waals surface area contributed by atoms with Gasteiger partial charge in [0.25, 0.3) is 0 Å².